The van der Waals surface area contributed by atoms with Crippen LogP contribution in [0.4, 0.5) is 0 Å². The van der Waals surface area contributed by atoms with Crippen LogP contribution in [-0.2, 0) is 4.79 Å². The van der Waals surface area contributed by atoms with Gasteiger partial charge in [-0.3, -0.25) is 9.78 Å². The molecule has 0 saturated carbocycles. The van der Waals surface area contributed by atoms with Crippen LogP contribution in [0.15, 0.2) is 54.9 Å². The van der Waals surface area contributed by atoms with Crippen LogP contribution in [0.1, 0.15) is 24.1 Å². The lowest BCUT2D eigenvalue weighted by molar-refractivity contribution is -0.124. The Balaban J connectivity index is 2.23. The van der Waals surface area contributed by atoms with Gasteiger partial charge >= 0.3 is 0 Å². The number of hydrogen-bond donors (Lipinski definition) is 2. The highest BCUT2D eigenvalue weighted by molar-refractivity contribution is 5.79. The Morgan fingerprint density at radius 3 is 2.33 bits per heavy atom. The molecule has 2 atom stereocenters. The number of aromatic nitrogens is 1. The van der Waals surface area contributed by atoms with Gasteiger partial charge in [0.15, 0.2) is 0 Å². The van der Waals surface area contributed by atoms with Crippen molar-refractivity contribution in [2.45, 2.75) is 13.0 Å². The lowest BCUT2D eigenvalue weighted by atomic mass is 9.98. The van der Waals surface area contributed by atoms with Crippen LogP contribution in [0.2, 0.25) is 0 Å². The zero-order valence-electron chi connectivity index (χ0n) is 12.4. The number of pyridine rings is 1. The second-order valence-corrected chi connectivity index (χ2v) is 5.09. The van der Waals surface area contributed by atoms with Crippen LogP contribution in [0, 0.1) is 5.92 Å². The van der Waals surface area contributed by atoms with Gasteiger partial charge in [0.1, 0.15) is 0 Å². The van der Waals surface area contributed by atoms with Gasteiger partial charge in [0.25, 0.3) is 0 Å². The Bertz CT molecular complexity index is 517. The first-order chi connectivity index (χ1) is 10.2. The summed E-state index contributed by atoms with van der Waals surface area (Å²) in [7, 11) is 1.85. The van der Waals surface area contributed by atoms with E-state index in [-0.39, 0.29) is 17.9 Å². The van der Waals surface area contributed by atoms with Gasteiger partial charge in [0, 0.05) is 24.9 Å². The van der Waals surface area contributed by atoms with E-state index in [0.29, 0.717) is 6.54 Å². The van der Waals surface area contributed by atoms with E-state index in [1.807, 2.05) is 56.4 Å². The van der Waals surface area contributed by atoms with Gasteiger partial charge in [-0.15, -0.1) is 0 Å². The van der Waals surface area contributed by atoms with E-state index in [4.69, 9.17) is 0 Å². The Labute approximate surface area is 125 Å². The summed E-state index contributed by atoms with van der Waals surface area (Å²) in [5.41, 5.74) is 2.09. The molecule has 0 saturated heterocycles. The fraction of sp³-hybridized carbons (Fsp3) is 0.294. The lowest BCUT2D eigenvalue weighted by Crippen LogP contribution is -2.37. The van der Waals surface area contributed by atoms with Crippen LogP contribution in [0.5, 0.6) is 0 Å². The SMILES string of the molecule is CNCC(C)C(=O)NC(c1ccccc1)c1ccncc1. The van der Waals surface area contributed by atoms with Gasteiger partial charge < -0.3 is 10.6 Å². The number of carbonyl (C=O) groups excluding carboxylic acids is 1. The minimum atomic E-state index is -0.152. The van der Waals surface area contributed by atoms with Crippen LogP contribution < -0.4 is 10.6 Å². The molecule has 1 aromatic carbocycles. The molecule has 4 nitrogen and oxygen atoms in total. The van der Waals surface area contributed by atoms with Gasteiger partial charge in [-0.05, 0) is 30.3 Å². The molecule has 0 aliphatic heterocycles. The number of amides is 1. The average Bonchev–Trinajstić information content (AvgIpc) is 2.54. The maximum Gasteiger partial charge on any atom is 0.224 e. The van der Waals surface area contributed by atoms with Crippen molar-refractivity contribution in [1.82, 2.24) is 15.6 Å². The van der Waals surface area contributed by atoms with E-state index in [2.05, 4.69) is 15.6 Å². The molecule has 2 unspecified atom stereocenters. The van der Waals surface area contributed by atoms with E-state index < -0.39 is 0 Å². The van der Waals surface area contributed by atoms with E-state index >= 15 is 0 Å². The summed E-state index contributed by atoms with van der Waals surface area (Å²) in [5, 5.41) is 6.16. The molecule has 1 amide bonds. The van der Waals surface area contributed by atoms with E-state index in [9.17, 15) is 4.79 Å². The maximum absolute atomic E-state index is 12.3. The highest BCUT2D eigenvalue weighted by atomic mass is 16.1. The minimum Gasteiger partial charge on any atom is -0.345 e. The third kappa shape index (κ3) is 4.13. The van der Waals surface area contributed by atoms with Crippen LogP contribution in [0.3, 0.4) is 0 Å². The third-order valence-electron chi connectivity index (χ3n) is 3.42. The van der Waals surface area contributed by atoms with E-state index in [0.717, 1.165) is 11.1 Å². The van der Waals surface area contributed by atoms with E-state index in [1.54, 1.807) is 12.4 Å². The minimum absolute atomic E-state index is 0.0371. The van der Waals surface area contributed by atoms with Gasteiger partial charge in [-0.25, -0.2) is 0 Å². The largest absolute Gasteiger partial charge is 0.345 e. The van der Waals surface area contributed by atoms with Gasteiger partial charge in [-0.1, -0.05) is 37.3 Å². The van der Waals surface area contributed by atoms with Crippen molar-refractivity contribution >= 4 is 5.91 Å². The summed E-state index contributed by atoms with van der Waals surface area (Å²) in [5.74, 6) is -0.0435. The Morgan fingerprint density at radius 1 is 1.10 bits per heavy atom. The number of nitrogens with one attached hydrogen (secondary N) is 2. The molecule has 21 heavy (non-hydrogen) atoms. The zero-order chi connectivity index (χ0) is 15.1. The fourth-order valence-corrected chi connectivity index (χ4v) is 2.24. The molecule has 2 aromatic rings. The van der Waals surface area contributed by atoms with Crippen molar-refractivity contribution in [2.75, 3.05) is 13.6 Å². The number of carbonyl (C=O) groups is 1. The summed E-state index contributed by atoms with van der Waals surface area (Å²) in [4.78, 5) is 16.4. The zero-order valence-corrected chi connectivity index (χ0v) is 12.4. The normalized spacial score (nSPS) is 13.4. The highest BCUT2D eigenvalue weighted by Crippen LogP contribution is 2.21. The van der Waals surface area contributed by atoms with Crippen molar-refractivity contribution < 1.29 is 4.79 Å². The first-order valence-corrected chi connectivity index (χ1v) is 7.12. The monoisotopic (exact) mass is 283 g/mol. The van der Waals surface area contributed by atoms with Crippen LogP contribution in [-0.4, -0.2) is 24.5 Å². The average molecular weight is 283 g/mol. The molecule has 0 fully saturated rings. The fourth-order valence-electron chi connectivity index (χ4n) is 2.24. The van der Waals surface area contributed by atoms with Gasteiger partial charge in [0.2, 0.25) is 5.91 Å². The van der Waals surface area contributed by atoms with Crippen LogP contribution in [0.25, 0.3) is 0 Å². The Morgan fingerprint density at radius 2 is 1.71 bits per heavy atom. The van der Waals surface area contributed by atoms with E-state index in [1.165, 1.54) is 0 Å². The first kappa shape index (κ1) is 15.2. The van der Waals surface area contributed by atoms with Crippen LogP contribution >= 0.6 is 0 Å². The molecule has 4 heteroatoms. The lowest BCUT2D eigenvalue weighted by Gasteiger charge is -2.22. The van der Waals surface area contributed by atoms with Crippen molar-refractivity contribution in [3.63, 3.8) is 0 Å². The smallest absolute Gasteiger partial charge is 0.224 e. The summed E-state index contributed by atoms with van der Waals surface area (Å²) in [6.45, 7) is 2.57. The molecule has 2 N–H and O–H groups in total. The van der Waals surface area contributed by atoms with Crippen molar-refractivity contribution in [1.29, 1.82) is 0 Å². The molecule has 0 radical (unpaired) electrons. The second kappa shape index (κ2) is 7.55. The molecule has 1 heterocycles. The second-order valence-electron chi connectivity index (χ2n) is 5.09. The summed E-state index contributed by atoms with van der Waals surface area (Å²) < 4.78 is 0. The summed E-state index contributed by atoms with van der Waals surface area (Å²) in [6, 6.07) is 13.7. The number of rotatable bonds is 6. The van der Waals surface area contributed by atoms with Crippen molar-refractivity contribution in [2.24, 2.45) is 5.92 Å². The van der Waals surface area contributed by atoms with Crippen molar-refractivity contribution in [3.05, 3.63) is 66.0 Å². The quantitative estimate of drug-likeness (QED) is 0.854. The molecule has 110 valence electrons. The Hall–Kier alpha value is -2.20. The number of hydrogen-bond acceptors (Lipinski definition) is 3. The predicted molar refractivity (Wildman–Crippen MR) is 83.8 cm³/mol. The molecule has 1 aromatic heterocycles. The number of nitrogens with zero attached hydrogens (tertiary/aromatic N) is 1. The highest BCUT2D eigenvalue weighted by Gasteiger charge is 2.19. The molecular formula is C17H21N3O. The Kier molecular flexibility index (Phi) is 5.46. The van der Waals surface area contributed by atoms with Gasteiger partial charge in [-0.2, -0.15) is 0 Å². The topological polar surface area (TPSA) is 54.0 Å². The predicted octanol–water partition coefficient (Wildman–Crippen LogP) is 2.14. The summed E-state index contributed by atoms with van der Waals surface area (Å²) in [6.07, 6.45) is 3.49. The van der Waals surface area contributed by atoms with Gasteiger partial charge in [0.05, 0.1) is 6.04 Å². The molecule has 0 aliphatic carbocycles. The molecule has 2 rings (SSSR count). The molecule has 0 spiro atoms. The third-order valence-corrected chi connectivity index (χ3v) is 3.42. The molecule has 0 bridgehead atoms. The maximum atomic E-state index is 12.3. The van der Waals surface area contributed by atoms with Crippen molar-refractivity contribution in [3.8, 4) is 0 Å². The number of benzene rings is 1. The molecule has 0 aliphatic rings. The first-order valence-electron chi connectivity index (χ1n) is 7.12. The summed E-state index contributed by atoms with van der Waals surface area (Å²) >= 11 is 0. The molecular weight excluding hydrogens is 262 g/mol. The standard InChI is InChI=1S/C17H21N3O/c1-13(12-18-2)17(21)20-16(14-6-4-3-5-7-14)15-8-10-19-11-9-15/h3-11,13,16,18H,12H2,1-2H3,(H,20,21).